The van der Waals surface area contributed by atoms with Crippen LogP contribution in [0.5, 0.6) is 0 Å². The van der Waals surface area contributed by atoms with Crippen LogP contribution in [0.1, 0.15) is 24.1 Å². The Morgan fingerprint density at radius 1 is 1.20 bits per heavy atom. The first-order valence-corrected chi connectivity index (χ1v) is 5.35. The van der Waals surface area contributed by atoms with Gasteiger partial charge in [0.15, 0.2) is 0 Å². The van der Waals surface area contributed by atoms with Crippen LogP contribution in [0, 0.1) is 11.3 Å². The number of nitrogens with zero attached hydrogens (tertiary/aromatic N) is 1. The van der Waals surface area contributed by atoms with Gasteiger partial charge in [-0.25, -0.2) is 0 Å². The Kier molecular flexibility index (Phi) is 4.33. The average Bonchev–Trinajstić information content (AvgIpc) is 2.37. The summed E-state index contributed by atoms with van der Waals surface area (Å²) in [5.74, 6) is -7.87. The van der Waals surface area contributed by atoms with Crippen molar-refractivity contribution in [3.8, 4) is 6.07 Å². The molecule has 1 unspecified atom stereocenters. The maximum Gasteiger partial charge on any atom is 0.463 e. The molecule has 0 aromatic heterocycles. The molecule has 0 bridgehead atoms. The van der Waals surface area contributed by atoms with Crippen molar-refractivity contribution in [2.45, 2.75) is 25.1 Å². The lowest BCUT2D eigenvalue weighted by atomic mass is 10.1. The van der Waals surface area contributed by atoms with Gasteiger partial charge in [0, 0.05) is 0 Å². The summed E-state index contributed by atoms with van der Waals surface area (Å²) in [5, 5.41) is 10.2. The summed E-state index contributed by atoms with van der Waals surface area (Å²) in [6, 6.07) is 6.20. The fourth-order valence-corrected chi connectivity index (χ4v) is 1.35. The highest BCUT2D eigenvalue weighted by Crippen LogP contribution is 2.35. The van der Waals surface area contributed by atoms with Crippen LogP contribution in [0.2, 0.25) is 0 Å². The molecule has 20 heavy (non-hydrogen) atoms. The summed E-state index contributed by atoms with van der Waals surface area (Å²) in [6.07, 6.45) is -5.94. The summed E-state index contributed by atoms with van der Waals surface area (Å²) < 4.78 is 61.4. The van der Waals surface area contributed by atoms with E-state index in [1.54, 1.807) is 5.32 Å². The van der Waals surface area contributed by atoms with Gasteiger partial charge >= 0.3 is 18.0 Å². The minimum Gasteiger partial charge on any atom is -0.344 e. The second-order valence-electron chi connectivity index (χ2n) is 4.00. The number of hydrogen-bond donors (Lipinski definition) is 1. The number of amides is 1. The molecule has 1 aromatic rings. The van der Waals surface area contributed by atoms with Gasteiger partial charge in [-0.3, -0.25) is 4.79 Å². The number of carbonyl (C=O) groups excluding carboxylic acids is 1. The first kappa shape index (κ1) is 15.9. The Hall–Kier alpha value is -2.17. The van der Waals surface area contributed by atoms with Crippen molar-refractivity contribution in [2.24, 2.45) is 0 Å². The van der Waals surface area contributed by atoms with E-state index in [1.165, 1.54) is 31.2 Å². The Morgan fingerprint density at radius 2 is 1.70 bits per heavy atom. The van der Waals surface area contributed by atoms with E-state index in [2.05, 4.69) is 0 Å². The smallest absolute Gasteiger partial charge is 0.344 e. The summed E-state index contributed by atoms with van der Waals surface area (Å²) in [7, 11) is 0. The molecule has 1 rings (SSSR count). The molecular formula is C12H9F5N2O. The Morgan fingerprint density at radius 3 is 2.10 bits per heavy atom. The molecule has 0 fully saturated rings. The monoisotopic (exact) mass is 292 g/mol. The van der Waals surface area contributed by atoms with Crippen molar-refractivity contribution in [2.75, 3.05) is 0 Å². The van der Waals surface area contributed by atoms with Gasteiger partial charge < -0.3 is 5.32 Å². The molecule has 0 saturated heterocycles. The zero-order valence-corrected chi connectivity index (χ0v) is 10.1. The minimum atomic E-state index is -5.94. The van der Waals surface area contributed by atoms with Crippen molar-refractivity contribution >= 4 is 5.91 Å². The van der Waals surface area contributed by atoms with Crippen LogP contribution in [0.4, 0.5) is 22.0 Å². The van der Waals surface area contributed by atoms with Crippen molar-refractivity contribution in [1.82, 2.24) is 5.32 Å². The average molecular weight is 292 g/mol. The lowest BCUT2D eigenvalue weighted by molar-refractivity contribution is -0.270. The Labute approximate surface area is 111 Å². The molecule has 8 heteroatoms. The van der Waals surface area contributed by atoms with Gasteiger partial charge in [0.05, 0.1) is 17.7 Å². The van der Waals surface area contributed by atoms with E-state index >= 15 is 0 Å². The van der Waals surface area contributed by atoms with Gasteiger partial charge in [0.1, 0.15) is 0 Å². The summed E-state index contributed by atoms with van der Waals surface area (Å²) in [4.78, 5) is 11.0. The first-order valence-electron chi connectivity index (χ1n) is 5.35. The molecule has 1 atom stereocenters. The van der Waals surface area contributed by atoms with Crippen molar-refractivity contribution < 1.29 is 26.7 Å². The van der Waals surface area contributed by atoms with E-state index in [0.29, 0.717) is 11.1 Å². The molecule has 0 spiro atoms. The maximum atomic E-state index is 12.7. The highest BCUT2D eigenvalue weighted by molar-refractivity contribution is 5.84. The van der Waals surface area contributed by atoms with Gasteiger partial charge in [-0.1, -0.05) is 12.1 Å². The van der Waals surface area contributed by atoms with E-state index in [9.17, 15) is 26.7 Å². The van der Waals surface area contributed by atoms with Crippen molar-refractivity contribution in [3.05, 3.63) is 35.4 Å². The molecule has 0 aliphatic heterocycles. The molecule has 1 aromatic carbocycles. The zero-order valence-electron chi connectivity index (χ0n) is 10.1. The third-order valence-corrected chi connectivity index (χ3v) is 2.53. The quantitative estimate of drug-likeness (QED) is 0.871. The Bertz CT molecular complexity index is 530. The normalized spacial score (nSPS) is 13.4. The van der Waals surface area contributed by atoms with Crippen molar-refractivity contribution in [1.29, 1.82) is 5.26 Å². The van der Waals surface area contributed by atoms with Gasteiger partial charge in [0.25, 0.3) is 0 Å². The number of nitrogens with one attached hydrogen (secondary N) is 1. The highest BCUT2D eigenvalue weighted by atomic mass is 19.4. The van der Waals surface area contributed by atoms with E-state index in [-0.39, 0.29) is 0 Å². The number of carbonyl (C=O) groups is 1. The van der Waals surface area contributed by atoms with E-state index in [0.717, 1.165) is 0 Å². The van der Waals surface area contributed by atoms with Crippen LogP contribution in [-0.2, 0) is 4.79 Å². The van der Waals surface area contributed by atoms with Gasteiger partial charge in [-0.2, -0.15) is 27.2 Å². The van der Waals surface area contributed by atoms with E-state index in [4.69, 9.17) is 5.26 Å². The third kappa shape index (κ3) is 3.23. The molecule has 1 N–H and O–H groups in total. The predicted molar refractivity (Wildman–Crippen MR) is 58.7 cm³/mol. The SMILES string of the molecule is CC(NC(=O)C(F)(F)C(F)(F)F)c1ccc(C#N)cc1. The largest absolute Gasteiger partial charge is 0.463 e. The van der Waals surface area contributed by atoms with Crippen LogP contribution in [0.25, 0.3) is 0 Å². The standard InChI is InChI=1S/C12H9F5N2O/c1-7(9-4-2-8(6-18)3-5-9)19-10(20)11(13,14)12(15,16)17/h2-5,7H,1H3,(H,19,20). The number of benzene rings is 1. The van der Waals surface area contributed by atoms with E-state index < -0.39 is 24.0 Å². The Balaban J connectivity index is 2.82. The molecule has 108 valence electrons. The maximum absolute atomic E-state index is 12.7. The molecule has 3 nitrogen and oxygen atoms in total. The molecule has 0 aliphatic rings. The fraction of sp³-hybridized carbons (Fsp3) is 0.333. The third-order valence-electron chi connectivity index (χ3n) is 2.53. The topological polar surface area (TPSA) is 52.9 Å². The van der Waals surface area contributed by atoms with Gasteiger partial charge in [-0.15, -0.1) is 0 Å². The first-order chi connectivity index (χ1) is 9.09. The number of alkyl halides is 5. The second kappa shape index (κ2) is 5.45. The second-order valence-corrected chi connectivity index (χ2v) is 4.00. The van der Waals surface area contributed by atoms with E-state index in [1.807, 2.05) is 6.07 Å². The lowest BCUT2D eigenvalue weighted by Gasteiger charge is -2.21. The highest BCUT2D eigenvalue weighted by Gasteiger charge is 2.63. The summed E-state index contributed by atoms with van der Waals surface area (Å²) in [6.45, 7) is 1.26. The van der Waals surface area contributed by atoms with Crippen LogP contribution in [0.15, 0.2) is 24.3 Å². The number of rotatable bonds is 3. The van der Waals surface area contributed by atoms with Gasteiger partial charge in [-0.05, 0) is 24.6 Å². The van der Waals surface area contributed by atoms with Crippen molar-refractivity contribution in [3.63, 3.8) is 0 Å². The minimum absolute atomic E-state index is 0.299. The molecular weight excluding hydrogens is 283 g/mol. The summed E-state index contributed by atoms with van der Waals surface area (Å²) in [5.41, 5.74) is 0.600. The zero-order chi connectivity index (χ0) is 15.6. The molecule has 0 heterocycles. The number of nitriles is 1. The molecule has 0 radical (unpaired) electrons. The van der Waals surface area contributed by atoms with Gasteiger partial charge in [0.2, 0.25) is 0 Å². The number of halogens is 5. The van der Waals surface area contributed by atoms with Crippen LogP contribution >= 0.6 is 0 Å². The molecule has 0 saturated carbocycles. The lowest BCUT2D eigenvalue weighted by Crippen LogP contribution is -2.50. The molecule has 0 aliphatic carbocycles. The molecule has 1 amide bonds. The predicted octanol–water partition coefficient (Wildman–Crippen LogP) is 2.93. The van der Waals surface area contributed by atoms with Crippen LogP contribution < -0.4 is 5.32 Å². The van der Waals surface area contributed by atoms with Crippen LogP contribution in [-0.4, -0.2) is 18.0 Å². The number of hydrogen-bond acceptors (Lipinski definition) is 2. The fourth-order valence-electron chi connectivity index (χ4n) is 1.35. The summed E-state index contributed by atoms with van der Waals surface area (Å²) >= 11 is 0. The van der Waals surface area contributed by atoms with Crippen LogP contribution in [0.3, 0.4) is 0 Å².